The highest BCUT2D eigenvalue weighted by Gasteiger charge is 2.21. The highest BCUT2D eigenvalue weighted by molar-refractivity contribution is 9.10. The molecule has 0 unspecified atom stereocenters. The van der Waals surface area contributed by atoms with Gasteiger partial charge in [-0.15, -0.1) is 0 Å². The van der Waals surface area contributed by atoms with Crippen LogP contribution in [0.25, 0.3) is 11.1 Å². The number of halogens is 2. The Hall–Kier alpha value is -1.77. The second kappa shape index (κ2) is 6.27. The van der Waals surface area contributed by atoms with Crippen LogP contribution in [0.15, 0.2) is 55.0 Å². The highest BCUT2D eigenvalue weighted by Crippen LogP contribution is 2.29. The van der Waals surface area contributed by atoms with Crippen molar-refractivity contribution >= 4 is 54.3 Å². The number of benzene rings is 2. The lowest BCUT2D eigenvalue weighted by Gasteiger charge is -2.10. The summed E-state index contributed by atoms with van der Waals surface area (Å²) in [6, 6.07) is 9.32. The first kappa shape index (κ1) is 17.1. The van der Waals surface area contributed by atoms with Crippen LogP contribution in [0.4, 0.5) is 5.69 Å². The van der Waals surface area contributed by atoms with Crippen molar-refractivity contribution in [3.05, 3.63) is 56.4 Å². The van der Waals surface area contributed by atoms with Crippen LogP contribution in [0.2, 0.25) is 5.02 Å². The maximum absolute atomic E-state index is 12.6. The van der Waals surface area contributed by atoms with Crippen LogP contribution in [0.5, 0.6) is 0 Å². The molecular weight excluding hydrogens is 420 g/mol. The van der Waals surface area contributed by atoms with Crippen LogP contribution in [0.1, 0.15) is 6.92 Å². The summed E-state index contributed by atoms with van der Waals surface area (Å²) < 4.78 is 34.9. The Balaban J connectivity index is 2.09. The number of oxazole rings is 1. The average molecular weight is 432 g/mol. The molecule has 0 aliphatic carbocycles. The van der Waals surface area contributed by atoms with Gasteiger partial charge in [0.05, 0.1) is 10.5 Å². The van der Waals surface area contributed by atoms with Gasteiger partial charge in [-0.1, -0.05) is 27.5 Å². The number of fused-ring (bicyclic) bond motifs is 1. The van der Waals surface area contributed by atoms with E-state index >= 15 is 0 Å². The van der Waals surface area contributed by atoms with Crippen molar-refractivity contribution in [2.45, 2.75) is 18.4 Å². The van der Waals surface area contributed by atoms with Crippen molar-refractivity contribution in [2.24, 2.45) is 0 Å². The molecule has 0 atom stereocenters. The van der Waals surface area contributed by atoms with Gasteiger partial charge in [0.15, 0.2) is 5.58 Å². The zero-order valence-corrected chi connectivity index (χ0v) is 15.6. The molecule has 0 saturated heterocycles. The van der Waals surface area contributed by atoms with Crippen LogP contribution in [0, 0.1) is 0 Å². The molecular formula is C15H12BrClN2O4S. The number of nitrogens with zero attached hydrogens (tertiary/aromatic N) is 1. The molecule has 1 heterocycles. The van der Waals surface area contributed by atoms with E-state index in [1.165, 1.54) is 16.7 Å². The van der Waals surface area contributed by atoms with E-state index in [4.69, 9.17) is 16.0 Å². The molecule has 0 bridgehead atoms. The number of rotatable bonds is 4. The molecule has 1 aromatic heterocycles. The third kappa shape index (κ3) is 3.09. The van der Waals surface area contributed by atoms with Gasteiger partial charge in [0.25, 0.3) is 10.0 Å². The fourth-order valence-electron chi connectivity index (χ4n) is 2.30. The van der Waals surface area contributed by atoms with Gasteiger partial charge >= 0.3 is 5.76 Å². The smallest absolute Gasteiger partial charge is 0.408 e. The molecule has 0 amide bonds. The van der Waals surface area contributed by atoms with Crippen molar-refractivity contribution in [2.75, 3.05) is 4.72 Å². The molecule has 0 saturated carbocycles. The molecule has 3 aromatic rings. The fraction of sp³-hybridized carbons (Fsp3) is 0.133. The SMILES string of the molecule is CCn1c(=O)oc2cc(S(=O)(=O)Nc3ccc(Br)cc3)c(Cl)cc21. The maximum Gasteiger partial charge on any atom is 0.419 e. The van der Waals surface area contributed by atoms with Crippen LogP contribution >= 0.6 is 27.5 Å². The van der Waals surface area contributed by atoms with Gasteiger partial charge in [-0.25, -0.2) is 13.2 Å². The molecule has 0 radical (unpaired) electrons. The molecule has 0 fully saturated rings. The predicted octanol–water partition coefficient (Wildman–Crippen LogP) is 3.83. The quantitative estimate of drug-likeness (QED) is 0.681. The number of hydrogen-bond acceptors (Lipinski definition) is 4. The predicted molar refractivity (Wildman–Crippen MR) is 96.1 cm³/mol. The lowest BCUT2D eigenvalue weighted by atomic mass is 10.3. The van der Waals surface area contributed by atoms with Crippen LogP contribution in [-0.4, -0.2) is 13.0 Å². The van der Waals surface area contributed by atoms with Gasteiger partial charge < -0.3 is 4.42 Å². The van der Waals surface area contributed by atoms with Crippen molar-refractivity contribution in [3.8, 4) is 0 Å². The van der Waals surface area contributed by atoms with E-state index in [-0.39, 0.29) is 15.5 Å². The standard InChI is InChI=1S/C15H12BrClN2O4S/c1-2-19-12-7-11(17)14(8-13(12)23-15(19)20)24(21,22)18-10-5-3-9(16)4-6-10/h3-8,18H,2H2,1H3. The molecule has 0 spiro atoms. The van der Waals surface area contributed by atoms with Gasteiger partial charge in [0.1, 0.15) is 4.90 Å². The van der Waals surface area contributed by atoms with Crippen LogP contribution in [-0.2, 0) is 16.6 Å². The second-order valence-corrected chi connectivity index (χ2v) is 7.95. The number of sulfonamides is 1. The van der Waals surface area contributed by atoms with Crippen LogP contribution < -0.4 is 10.5 Å². The molecule has 126 valence electrons. The molecule has 0 aliphatic rings. The Morgan fingerprint density at radius 2 is 1.92 bits per heavy atom. The van der Waals surface area contributed by atoms with Crippen LogP contribution in [0.3, 0.4) is 0 Å². The summed E-state index contributed by atoms with van der Waals surface area (Å²) in [4.78, 5) is 11.6. The van der Waals surface area contributed by atoms with Gasteiger partial charge in [-0.3, -0.25) is 9.29 Å². The van der Waals surface area contributed by atoms with Gasteiger partial charge in [0, 0.05) is 22.8 Å². The molecule has 1 N–H and O–H groups in total. The van der Waals surface area contributed by atoms with Gasteiger partial charge in [0.2, 0.25) is 0 Å². The number of hydrogen-bond donors (Lipinski definition) is 1. The first-order chi connectivity index (χ1) is 11.3. The van der Waals surface area contributed by atoms with E-state index in [9.17, 15) is 13.2 Å². The summed E-state index contributed by atoms with van der Waals surface area (Å²) >= 11 is 9.42. The third-order valence-electron chi connectivity index (χ3n) is 3.42. The van der Waals surface area contributed by atoms with Crippen molar-refractivity contribution in [1.82, 2.24) is 4.57 Å². The summed E-state index contributed by atoms with van der Waals surface area (Å²) in [6.45, 7) is 2.18. The van der Waals surface area contributed by atoms with E-state index in [1.807, 2.05) is 0 Å². The van der Waals surface area contributed by atoms with Crippen molar-refractivity contribution < 1.29 is 12.8 Å². The molecule has 9 heteroatoms. The monoisotopic (exact) mass is 430 g/mol. The number of aromatic nitrogens is 1. The Bertz CT molecular complexity index is 1070. The molecule has 2 aromatic carbocycles. The third-order valence-corrected chi connectivity index (χ3v) is 5.80. The van der Waals surface area contributed by atoms with Crippen molar-refractivity contribution in [3.63, 3.8) is 0 Å². The highest BCUT2D eigenvalue weighted by atomic mass is 79.9. The molecule has 0 aliphatic heterocycles. The Kier molecular flexibility index (Phi) is 4.46. The first-order valence-corrected chi connectivity index (χ1v) is 9.58. The summed E-state index contributed by atoms with van der Waals surface area (Å²) in [6.07, 6.45) is 0. The molecule has 3 rings (SSSR count). The van der Waals surface area contributed by atoms with E-state index in [1.54, 1.807) is 31.2 Å². The zero-order valence-electron chi connectivity index (χ0n) is 12.4. The summed E-state index contributed by atoms with van der Waals surface area (Å²) in [5.74, 6) is -0.556. The zero-order chi connectivity index (χ0) is 17.5. The van der Waals surface area contributed by atoms with Crippen molar-refractivity contribution in [1.29, 1.82) is 0 Å². The number of anilines is 1. The summed E-state index contributed by atoms with van der Waals surface area (Å²) in [5.41, 5.74) is 1.01. The second-order valence-electron chi connectivity index (χ2n) is 4.97. The van der Waals surface area contributed by atoms with Gasteiger partial charge in [-0.05, 0) is 37.3 Å². The topological polar surface area (TPSA) is 81.3 Å². The maximum atomic E-state index is 12.6. The Morgan fingerprint density at radius 1 is 1.25 bits per heavy atom. The molecule has 24 heavy (non-hydrogen) atoms. The number of aryl methyl sites for hydroxylation is 1. The largest absolute Gasteiger partial charge is 0.419 e. The van der Waals surface area contributed by atoms with E-state index in [0.717, 1.165) is 4.47 Å². The Labute approximate surface area is 151 Å². The number of nitrogens with one attached hydrogen (secondary N) is 1. The lowest BCUT2D eigenvalue weighted by Crippen LogP contribution is -2.14. The van der Waals surface area contributed by atoms with E-state index in [2.05, 4.69) is 20.7 Å². The first-order valence-electron chi connectivity index (χ1n) is 6.93. The minimum atomic E-state index is -3.93. The fourth-order valence-corrected chi connectivity index (χ4v) is 4.16. The molecule has 6 nitrogen and oxygen atoms in total. The average Bonchev–Trinajstić information content (AvgIpc) is 2.82. The minimum Gasteiger partial charge on any atom is -0.408 e. The normalized spacial score (nSPS) is 11.8. The lowest BCUT2D eigenvalue weighted by molar-refractivity contribution is 0.512. The van der Waals surface area contributed by atoms with Gasteiger partial charge in [-0.2, -0.15) is 0 Å². The summed E-state index contributed by atoms with van der Waals surface area (Å²) in [5, 5.41) is 0.00936. The minimum absolute atomic E-state index is 0.00936. The van der Waals surface area contributed by atoms with E-state index < -0.39 is 15.8 Å². The van der Waals surface area contributed by atoms with E-state index in [0.29, 0.717) is 17.7 Å². The summed E-state index contributed by atoms with van der Waals surface area (Å²) in [7, 11) is -3.93. The Morgan fingerprint density at radius 3 is 2.54 bits per heavy atom.